The normalized spacial score (nSPS) is 27.1. The van der Waals surface area contributed by atoms with Crippen molar-refractivity contribution in [3.63, 3.8) is 0 Å². The fraction of sp³-hybridized carbons (Fsp3) is 0.520. The van der Waals surface area contributed by atoms with Gasteiger partial charge in [-0.2, -0.15) is 4.98 Å². The number of hydrogen-bond donors (Lipinski definition) is 1. The number of hydrogen-bond acceptors (Lipinski definition) is 7. The van der Waals surface area contributed by atoms with Crippen molar-refractivity contribution < 1.29 is 14.3 Å². The van der Waals surface area contributed by atoms with E-state index in [-0.39, 0.29) is 29.5 Å². The number of nitrogens with one attached hydrogen (secondary N) is 1. The minimum absolute atomic E-state index is 0.0951. The molecule has 2 amide bonds. The summed E-state index contributed by atoms with van der Waals surface area (Å²) in [6, 6.07) is -0.130. The second-order valence-electron chi connectivity index (χ2n) is 9.81. The molecule has 3 atom stereocenters. The Bertz CT molecular complexity index is 1110. The lowest BCUT2D eigenvalue weighted by molar-refractivity contribution is -0.139. The molecular weight excluding hydrogens is 468 g/mol. The smallest absolute Gasteiger partial charge is 0.288 e. The molecule has 0 radical (unpaired) electrons. The second kappa shape index (κ2) is 9.53. The van der Waals surface area contributed by atoms with Gasteiger partial charge in [0.05, 0.1) is 12.2 Å². The van der Waals surface area contributed by atoms with Gasteiger partial charge in [-0.05, 0) is 30.9 Å². The third-order valence-corrected chi connectivity index (χ3v) is 7.55. The number of halogens is 1. The molecule has 4 aliphatic rings. The van der Waals surface area contributed by atoms with Crippen molar-refractivity contribution in [1.29, 1.82) is 0 Å². The van der Waals surface area contributed by atoms with Crippen molar-refractivity contribution in [2.75, 3.05) is 43.9 Å². The van der Waals surface area contributed by atoms with E-state index in [1.165, 1.54) is 0 Å². The Labute approximate surface area is 210 Å². The van der Waals surface area contributed by atoms with Crippen LogP contribution in [-0.4, -0.2) is 77.5 Å². The topological polar surface area (TPSA) is 90.9 Å². The van der Waals surface area contributed by atoms with Gasteiger partial charge in [0.1, 0.15) is 5.02 Å². The summed E-state index contributed by atoms with van der Waals surface area (Å²) >= 11 is 6.42. The van der Waals surface area contributed by atoms with E-state index in [2.05, 4.69) is 22.1 Å². The Morgan fingerprint density at radius 2 is 1.89 bits per heavy atom. The zero-order valence-electron chi connectivity index (χ0n) is 20.3. The Morgan fingerprint density at radius 1 is 1.11 bits per heavy atom. The molecule has 186 valence electrons. The first-order valence-electron chi connectivity index (χ1n) is 12.2. The van der Waals surface area contributed by atoms with E-state index >= 15 is 0 Å². The maximum atomic E-state index is 12.9. The molecule has 5 rings (SSSR count). The van der Waals surface area contributed by atoms with Crippen molar-refractivity contribution >= 4 is 35.2 Å². The molecule has 3 aliphatic heterocycles. The quantitative estimate of drug-likeness (QED) is 0.667. The molecule has 9 nitrogen and oxygen atoms in total. The Balaban J connectivity index is 1.34. The number of carbonyl (C=O) groups is 2. The molecule has 0 bridgehead atoms. The number of carbonyl (C=O) groups excluding carboxylic acids is 2. The molecule has 35 heavy (non-hydrogen) atoms. The summed E-state index contributed by atoms with van der Waals surface area (Å²) in [7, 11) is 3.50. The molecule has 0 spiro atoms. The molecule has 0 aromatic carbocycles. The van der Waals surface area contributed by atoms with Crippen LogP contribution in [0.25, 0.3) is 0 Å². The number of rotatable bonds is 5. The lowest BCUT2D eigenvalue weighted by Gasteiger charge is -2.37. The maximum absolute atomic E-state index is 12.9. The van der Waals surface area contributed by atoms with E-state index in [0.717, 1.165) is 37.5 Å². The molecule has 1 aromatic heterocycles. The molecule has 2 saturated heterocycles. The summed E-state index contributed by atoms with van der Waals surface area (Å²) in [5.41, 5.74) is 0.820. The summed E-state index contributed by atoms with van der Waals surface area (Å²) in [5.74, 6) is 1.73. The third-order valence-electron chi connectivity index (χ3n) is 7.27. The number of aromatic nitrogens is 2. The van der Waals surface area contributed by atoms with E-state index in [4.69, 9.17) is 21.3 Å². The van der Waals surface area contributed by atoms with Crippen LogP contribution in [0.3, 0.4) is 0 Å². The molecule has 1 N–H and O–H groups in total. The molecule has 2 fully saturated rings. The molecule has 10 heteroatoms. The van der Waals surface area contributed by atoms with Crippen LogP contribution in [-0.2, 0) is 14.3 Å². The number of ether oxygens (including phenoxy) is 1. The van der Waals surface area contributed by atoms with E-state index < -0.39 is 6.10 Å². The Morgan fingerprint density at radius 3 is 2.60 bits per heavy atom. The van der Waals surface area contributed by atoms with Crippen LogP contribution < -0.4 is 10.2 Å². The van der Waals surface area contributed by atoms with Gasteiger partial charge in [-0.15, -0.1) is 0 Å². The third kappa shape index (κ3) is 4.74. The fourth-order valence-corrected chi connectivity index (χ4v) is 5.09. The summed E-state index contributed by atoms with van der Waals surface area (Å²) in [6.45, 7) is 4.76. The lowest BCUT2D eigenvalue weighted by atomic mass is 9.89. The first kappa shape index (κ1) is 23.7. The summed E-state index contributed by atoms with van der Waals surface area (Å²) in [6.07, 6.45) is 11.6. The first-order chi connectivity index (χ1) is 16.8. The monoisotopic (exact) mass is 498 g/mol. The summed E-state index contributed by atoms with van der Waals surface area (Å²) in [5, 5.41) is 3.77. The van der Waals surface area contributed by atoms with Crippen LogP contribution in [0.2, 0.25) is 5.02 Å². The van der Waals surface area contributed by atoms with Crippen LogP contribution in [0.5, 0.6) is 0 Å². The minimum Gasteiger partial charge on any atom is -0.475 e. The number of amides is 2. The van der Waals surface area contributed by atoms with Crippen LogP contribution in [0, 0.1) is 11.8 Å². The van der Waals surface area contributed by atoms with Gasteiger partial charge in [-0.25, -0.2) is 4.98 Å². The van der Waals surface area contributed by atoms with Gasteiger partial charge in [0.15, 0.2) is 17.7 Å². The SMILES string of the molecule is CC1CCN(c2ncc(Cl)c(NC3=CC4C=C(O[C@@H]5CCN(C)C5=O)C(=O)N(C)C4C=C3)n2)CC1. The number of anilines is 2. The highest BCUT2D eigenvalue weighted by Crippen LogP contribution is 2.32. The molecular formula is C25H31ClN6O3. The van der Waals surface area contributed by atoms with Crippen molar-refractivity contribution in [2.24, 2.45) is 11.8 Å². The van der Waals surface area contributed by atoms with Gasteiger partial charge in [0.2, 0.25) is 5.95 Å². The van der Waals surface area contributed by atoms with Crippen LogP contribution in [0.4, 0.5) is 11.8 Å². The highest BCUT2D eigenvalue weighted by Gasteiger charge is 2.38. The van der Waals surface area contributed by atoms with Gasteiger partial charge in [-0.1, -0.05) is 30.7 Å². The van der Waals surface area contributed by atoms with Gasteiger partial charge in [0, 0.05) is 51.8 Å². The first-order valence-corrected chi connectivity index (χ1v) is 12.5. The van der Waals surface area contributed by atoms with E-state index in [1.54, 1.807) is 30.1 Å². The van der Waals surface area contributed by atoms with Crippen LogP contribution >= 0.6 is 11.6 Å². The number of allylic oxidation sites excluding steroid dienone is 1. The highest BCUT2D eigenvalue weighted by atomic mass is 35.5. The van der Waals surface area contributed by atoms with E-state index in [1.807, 2.05) is 24.3 Å². The second-order valence-corrected chi connectivity index (χ2v) is 10.2. The molecule has 2 unspecified atom stereocenters. The van der Waals surface area contributed by atoms with E-state index in [9.17, 15) is 9.59 Å². The number of fused-ring (bicyclic) bond motifs is 1. The van der Waals surface area contributed by atoms with E-state index in [0.29, 0.717) is 29.8 Å². The van der Waals surface area contributed by atoms with Crippen molar-refractivity contribution in [3.05, 3.63) is 47.0 Å². The average Bonchev–Trinajstić information content (AvgIpc) is 3.16. The molecule has 1 aliphatic carbocycles. The molecule has 4 heterocycles. The average molecular weight is 499 g/mol. The van der Waals surface area contributed by atoms with Crippen molar-refractivity contribution in [1.82, 2.24) is 19.8 Å². The van der Waals surface area contributed by atoms with Crippen LogP contribution in [0.1, 0.15) is 26.2 Å². The zero-order chi connectivity index (χ0) is 24.7. The summed E-state index contributed by atoms with van der Waals surface area (Å²) < 4.78 is 5.89. The Kier molecular flexibility index (Phi) is 6.44. The lowest BCUT2D eigenvalue weighted by Crippen LogP contribution is -2.46. The number of nitrogens with zero attached hydrogens (tertiary/aromatic N) is 5. The number of likely N-dealkylation sites (N-methyl/N-ethyl adjacent to an activating group) is 2. The predicted molar refractivity (Wildman–Crippen MR) is 134 cm³/mol. The predicted octanol–water partition coefficient (Wildman–Crippen LogP) is 2.82. The van der Waals surface area contributed by atoms with Gasteiger partial charge in [0.25, 0.3) is 11.8 Å². The largest absolute Gasteiger partial charge is 0.475 e. The standard InChI is InChI=1S/C25H31ClN6O3/c1-15-6-10-32(11-7-15)25-27-14-18(26)22(29-25)28-17-4-5-19-16(12-17)13-21(24(34)31(19)3)35-20-8-9-30(2)23(20)33/h4-5,12-16,19-20H,6-11H2,1-3H3,(H,27,28,29)/t16?,19?,20-/m1/s1. The molecule has 0 saturated carbocycles. The Hall–Kier alpha value is -3.07. The summed E-state index contributed by atoms with van der Waals surface area (Å²) in [4.78, 5) is 39.8. The molecule has 1 aromatic rings. The van der Waals surface area contributed by atoms with Crippen molar-refractivity contribution in [3.8, 4) is 0 Å². The zero-order valence-corrected chi connectivity index (χ0v) is 21.0. The van der Waals surface area contributed by atoms with Gasteiger partial charge >= 0.3 is 0 Å². The maximum Gasteiger partial charge on any atom is 0.288 e. The van der Waals surface area contributed by atoms with Gasteiger partial charge in [-0.3, -0.25) is 9.59 Å². The van der Waals surface area contributed by atoms with Gasteiger partial charge < -0.3 is 24.8 Å². The minimum atomic E-state index is -0.614. The van der Waals surface area contributed by atoms with Crippen molar-refractivity contribution in [2.45, 2.75) is 38.3 Å². The highest BCUT2D eigenvalue weighted by molar-refractivity contribution is 6.32. The fourth-order valence-electron chi connectivity index (χ4n) is 4.95. The number of likely N-dealkylation sites (tertiary alicyclic amines) is 1. The van der Waals surface area contributed by atoms with Crippen LogP contribution in [0.15, 0.2) is 42.0 Å². The number of piperidine rings is 1.